The number of hydrogen-bond donors (Lipinski definition) is 0. The predicted molar refractivity (Wildman–Crippen MR) is 89.8 cm³/mol. The summed E-state index contributed by atoms with van der Waals surface area (Å²) in [5, 5.41) is 11.1. The van der Waals surface area contributed by atoms with Crippen LogP contribution in [0.25, 0.3) is 11.1 Å². The monoisotopic (exact) mass is 343 g/mol. The fraction of sp³-hybridized carbons (Fsp3) is 0.300. The molecule has 1 aliphatic carbocycles. The molecule has 4 rings (SSSR count). The third-order valence-corrected chi connectivity index (χ3v) is 5.10. The number of likely N-dealkylation sites (tertiary alicyclic amines) is 1. The number of ether oxygens (including phenoxy) is 1. The van der Waals surface area contributed by atoms with E-state index in [1.54, 1.807) is 0 Å². The smallest absolute Gasteiger partial charge is 0.548 e. The standard InChI is InChI=1S/C20H19NO4.Li/c22-19(23)18-10-5-11-21(18)20(24)25-12-17-15-8-3-1-6-13(15)14-7-2-4-9-16(14)17;/h1-4,6-9,17-18H,5,10-12H2,(H,22,23);/q;+1/p-1/t18-;/m0./s1. The first-order valence-electron chi connectivity index (χ1n) is 8.49. The molecule has 5 nitrogen and oxygen atoms in total. The van der Waals surface area contributed by atoms with Crippen LogP contribution in [-0.2, 0) is 9.53 Å². The molecule has 1 amide bonds. The number of nitrogens with zero attached hydrogens (tertiary/aromatic N) is 1. The quantitative estimate of drug-likeness (QED) is 0.681. The molecule has 2 aromatic carbocycles. The minimum atomic E-state index is -1.22. The number of aliphatic carboxylic acids is 1. The van der Waals surface area contributed by atoms with Crippen LogP contribution in [0.2, 0.25) is 0 Å². The largest absolute Gasteiger partial charge is 1.00 e. The van der Waals surface area contributed by atoms with E-state index in [0.29, 0.717) is 19.4 Å². The van der Waals surface area contributed by atoms with Gasteiger partial charge in [0.1, 0.15) is 6.61 Å². The number of amides is 1. The van der Waals surface area contributed by atoms with Crippen molar-refractivity contribution in [3.8, 4) is 11.1 Å². The fourth-order valence-corrected chi connectivity index (χ4v) is 3.91. The third-order valence-electron chi connectivity index (χ3n) is 5.10. The minimum absolute atomic E-state index is 0. The SMILES string of the molecule is O=C([O-])[C@@H]1CCCN1C(=O)OCC1c2ccccc2-c2ccccc21.[Li+]. The summed E-state index contributed by atoms with van der Waals surface area (Å²) in [7, 11) is 0. The summed E-state index contributed by atoms with van der Waals surface area (Å²) in [4.78, 5) is 24.8. The number of carbonyl (C=O) groups is 2. The molecule has 0 N–H and O–H groups in total. The number of fused-ring (bicyclic) bond motifs is 3. The zero-order chi connectivity index (χ0) is 17.4. The van der Waals surface area contributed by atoms with Crippen LogP contribution in [0.5, 0.6) is 0 Å². The maximum atomic E-state index is 12.4. The molecule has 0 unspecified atom stereocenters. The fourth-order valence-electron chi connectivity index (χ4n) is 3.91. The maximum absolute atomic E-state index is 12.4. The normalized spacial score (nSPS) is 18.0. The van der Waals surface area contributed by atoms with Gasteiger partial charge in [-0.3, -0.25) is 4.90 Å². The van der Waals surface area contributed by atoms with Gasteiger partial charge in [0, 0.05) is 12.5 Å². The van der Waals surface area contributed by atoms with Crippen LogP contribution in [-0.4, -0.2) is 36.2 Å². The van der Waals surface area contributed by atoms with Crippen molar-refractivity contribution >= 4 is 12.1 Å². The summed E-state index contributed by atoms with van der Waals surface area (Å²) >= 11 is 0. The number of rotatable bonds is 3. The van der Waals surface area contributed by atoms with Crippen LogP contribution < -0.4 is 24.0 Å². The molecule has 1 saturated heterocycles. The predicted octanol–water partition coefficient (Wildman–Crippen LogP) is -0.846. The summed E-state index contributed by atoms with van der Waals surface area (Å²) in [5.74, 6) is -1.24. The van der Waals surface area contributed by atoms with Gasteiger partial charge in [0.15, 0.2) is 0 Å². The van der Waals surface area contributed by atoms with E-state index in [1.807, 2.05) is 36.4 Å². The van der Waals surface area contributed by atoms with Crippen LogP contribution in [0, 0.1) is 0 Å². The number of hydrogen-bond acceptors (Lipinski definition) is 4. The summed E-state index contributed by atoms with van der Waals surface area (Å²) in [6.45, 7) is 0.596. The van der Waals surface area contributed by atoms with E-state index in [2.05, 4.69) is 12.1 Å². The van der Waals surface area contributed by atoms with Crippen LogP contribution in [0.1, 0.15) is 29.9 Å². The van der Waals surface area contributed by atoms with Crippen molar-refractivity contribution in [3.63, 3.8) is 0 Å². The summed E-state index contributed by atoms with van der Waals surface area (Å²) in [6.07, 6.45) is 0.503. The van der Waals surface area contributed by atoms with Gasteiger partial charge < -0.3 is 14.6 Å². The molecule has 1 atom stereocenters. The molecule has 1 heterocycles. The number of carboxylic acid groups (broad SMARTS) is 1. The second kappa shape index (κ2) is 7.57. The molecule has 2 aromatic rings. The molecule has 0 aromatic heterocycles. The number of benzene rings is 2. The van der Waals surface area contributed by atoms with E-state index >= 15 is 0 Å². The Bertz CT molecular complexity index is 793. The molecule has 2 aliphatic rings. The van der Waals surface area contributed by atoms with Gasteiger partial charge in [0.25, 0.3) is 0 Å². The van der Waals surface area contributed by atoms with E-state index in [0.717, 1.165) is 22.3 Å². The Morgan fingerprint density at radius 1 is 1.04 bits per heavy atom. The van der Waals surface area contributed by atoms with Gasteiger partial charge in [-0.05, 0) is 35.1 Å². The Hall–Kier alpha value is -2.22. The second-order valence-corrected chi connectivity index (χ2v) is 6.47. The molecular weight excluding hydrogens is 325 g/mol. The van der Waals surface area contributed by atoms with Gasteiger partial charge >= 0.3 is 25.0 Å². The average Bonchev–Trinajstić information content (AvgIpc) is 3.23. The summed E-state index contributed by atoms with van der Waals surface area (Å²) in [6, 6.07) is 15.3. The van der Waals surface area contributed by atoms with Crippen LogP contribution >= 0.6 is 0 Å². The summed E-state index contributed by atoms with van der Waals surface area (Å²) in [5.41, 5.74) is 4.59. The Labute approximate surface area is 164 Å². The number of carbonyl (C=O) groups excluding carboxylic acids is 2. The Balaban J connectivity index is 0.00000196. The molecule has 1 fully saturated rings. The zero-order valence-corrected chi connectivity index (χ0v) is 14.7. The first-order chi connectivity index (χ1) is 12.2. The van der Waals surface area contributed by atoms with Crippen molar-refractivity contribution in [2.75, 3.05) is 13.2 Å². The third kappa shape index (κ3) is 3.13. The first kappa shape index (κ1) is 18.6. The van der Waals surface area contributed by atoms with E-state index in [1.165, 1.54) is 4.90 Å². The van der Waals surface area contributed by atoms with E-state index in [-0.39, 0.29) is 31.4 Å². The van der Waals surface area contributed by atoms with Crippen molar-refractivity contribution in [1.82, 2.24) is 4.90 Å². The Morgan fingerprint density at radius 2 is 1.62 bits per heavy atom. The molecule has 0 radical (unpaired) electrons. The van der Waals surface area contributed by atoms with Gasteiger partial charge in [0.05, 0.1) is 12.0 Å². The van der Waals surface area contributed by atoms with E-state index in [9.17, 15) is 14.7 Å². The molecular formula is C20H18LiNO4. The van der Waals surface area contributed by atoms with Gasteiger partial charge in [0.2, 0.25) is 0 Å². The van der Waals surface area contributed by atoms with Gasteiger partial charge in [-0.15, -0.1) is 0 Å². The van der Waals surface area contributed by atoms with Gasteiger partial charge in [-0.1, -0.05) is 48.5 Å². The first-order valence-corrected chi connectivity index (χ1v) is 8.49. The molecule has 1 aliphatic heterocycles. The van der Waals surface area contributed by atoms with Crippen LogP contribution in [0.15, 0.2) is 48.5 Å². The van der Waals surface area contributed by atoms with Crippen molar-refractivity contribution < 1.29 is 38.3 Å². The molecule has 6 heteroatoms. The Kier molecular flexibility index (Phi) is 5.40. The maximum Gasteiger partial charge on any atom is 1.00 e. The van der Waals surface area contributed by atoms with Crippen molar-refractivity contribution in [1.29, 1.82) is 0 Å². The summed E-state index contributed by atoms with van der Waals surface area (Å²) < 4.78 is 5.50. The van der Waals surface area contributed by atoms with Gasteiger partial charge in [-0.2, -0.15) is 0 Å². The van der Waals surface area contributed by atoms with Crippen molar-refractivity contribution in [2.45, 2.75) is 24.8 Å². The topological polar surface area (TPSA) is 69.7 Å². The van der Waals surface area contributed by atoms with Crippen molar-refractivity contribution in [2.24, 2.45) is 0 Å². The minimum Gasteiger partial charge on any atom is -0.548 e. The van der Waals surface area contributed by atoms with E-state index in [4.69, 9.17) is 4.74 Å². The number of carboxylic acids is 1. The zero-order valence-electron chi connectivity index (χ0n) is 14.7. The van der Waals surface area contributed by atoms with E-state index < -0.39 is 18.1 Å². The Morgan fingerprint density at radius 3 is 2.19 bits per heavy atom. The van der Waals surface area contributed by atoms with Crippen LogP contribution in [0.4, 0.5) is 4.79 Å². The second-order valence-electron chi connectivity index (χ2n) is 6.47. The molecule has 0 bridgehead atoms. The molecule has 26 heavy (non-hydrogen) atoms. The molecule has 128 valence electrons. The average molecular weight is 343 g/mol. The van der Waals surface area contributed by atoms with Gasteiger partial charge in [-0.25, -0.2) is 4.79 Å². The van der Waals surface area contributed by atoms with Crippen molar-refractivity contribution in [3.05, 3.63) is 59.7 Å². The van der Waals surface area contributed by atoms with Crippen LogP contribution in [0.3, 0.4) is 0 Å². The molecule has 0 spiro atoms. The molecule has 0 saturated carbocycles.